The minimum Gasteiger partial charge on any atom is -0.482 e. The first kappa shape index (κ1) is 22.8. The fourth-order valence-corrected chi connectivity index (χ4v) is 3.13. The van der Waals surface area contributed by atoms with Crippen LogP contribution in [0.15, 0.2) is 18.2 Å². The van der Waals surface area contributed by atoms with Gasteiger partial charge in [0, 0.05) is 5.02 Å². The first-order chi connectivity index (χ1) is 12.6. The lowest BCUT2D eigenvalue weighted by atomic mass is 10.1. The van der Waals surface area contributed by atoms with E-state index in [-0.39, 0.29) is 12.6 Å². The minimum atomic E-state index is -0.313. The van der Waals surface area contributed by atoms with Crippen molar-refractivity contribution in [3.8, 4) is 5.75 Å². The molecule has 0 heterocycles. The van der Waals surface area contributed by atoms with Crippen LogP contribution < -0.4 is 4.74 Å². The molecule has 148 valence electrons. The molecule has 1 rings (SSSR count). The van der Waals surface area contributed by atoms with Crippen LogP contribution in [0.25, 0.3) is 0 Å². The Morgan fingerprint density at radius 2 is 1.50 bits per heavy atom. The van der Waals surface area contributed by atoms with Crippen molar-refractivity contribution < 1.29 is 14.3 Å². The van der Waals surface area contributed by atoms with Gasteiger partial charge in [-0.15, -0.1) is 0 Å². The Hall–Kier alpha value is -1.22. The molecule has 0 unspecified atom stereocenters. The van der Waals surface area contributed by atoms with Crippen LogP contribution in [0.1, 0.15) is 83.1 Å². The van der Waals surface area contributed by atoms with E-state index in [4.69, 9.17) is 21.1 Å². The normalized spacial score (nSPS) is 10.7. The number of carbonyl (C=O) groups excluding carboxylic acids is 1. The summed E-state index contributed by atoms with van der Waals surface area (Å²) in [5.74, 6) is 0.354. The number of aryl methyl sites for hydroxylation is 1. The number of benzene rings is 1. The summed E-state index contributed by atoms with van der Waals surface area (Å²) in [5.41, 5.74) is 0.913. The lowest BCUT2D eigenvalue weighted by Gasteiger charge is -2.09. The molecule has 26 heavy (non-hydrogen) atoms. The molecule has 0 aliphatic rings. The lowest BCUT2D eigenvalue weighted by molar-refractivity contribution is -0.146. The smallest absolute Gasteiger partial charge is 0.344 e. The van der Waals surface area contributed by atoms with Crippen molar-refractivity contribution in [2.24, 2.45) is 0 Å². The van der Waals surface area contributed by atoms with Crippen molar-refractivity contribution in [3.05, 3.63) is 28.8 Å². The highest BCUT2D eigenvalue weighted by Gasteiger charge is 2.06. The van der Waals surface area contributed by atoms with Gasteiger partial charge in [-0.25, -0.2) is 4.79 Å². The molecule has 0 bridgehead atoms. The van der Waals surface area contributed by atoms with Crippen LogP contribution in [-0.4, -0.2) is 19.2 Å². The van der Waals surface area contributed by atoms with E-state index in [9.17, 15) is 4.79 Å². The third-order valence-electron chi connectivity index (χ3n) is 4.49. The summed E-state index contributed by atoms with van der Waals surface area (Å²) < 4.78 is 10.7. The predicted octanol–water partition coefficient (Wildman–Crippen LogP) is 6.88. The number of carbonyl (C=O) groups is 1. The zero-order valence-corrected chi connectivity index (χ0v) is 17.3. The second kappa shape index (κ2) is 14.9. The van der Waals surface area contributed by atoms with Gasteiger partial charge in [0.05, 0.1) is 6.61 Å². The number of rotatable bonds is 15. The molecule has 0 aliphatic carbocycles. The van der Waals surface area contributed by atoms with Crippen LogP contribution in [0.3, 0.4) is 0 Å². The lowest BCUT2D eigenvalue weighted by Crippen LogP contribution is -2.15. The largest absolute Gasteiger partial charge is 0.482 e. The maximum atomic E-state index is 11.7. The first-order valence-electron chi connectivity index (χ1n) is 10.2. The Bertz CT molecular complexity index is 502. The van der Waals surface area contributed by atoms with E-state index in [2.05, 4.69) is 6.92 Å². The van der Waals surface area contributed by atoms with E-state index in [1.807, 2.05) is 13.0 Å². The third-order valence-corrected chi connectivity index (χ3v) is 4.73. The Kier molecular flexibility index (Phi) is 13.1. The molecule has 1 aromatic carbocycles. The minimum absolute atomic E-state index is 0.0551. The van der Waals surface area contributed by atoms with Gasteiger partial charge in [-0.05, 0) is 37.1 Å². The van der Waals surface area contributed by atoms with Gasteiger partial charge in [0.25, 0.3) is 0 Å². The molecule has 0 saturated carbocycles. The van der Waals surface area contributed by atoms with Crippen molar-refractivity contribution in [1.82, 2.24) is 0 Å². The number of hydrogen-bond acceptors (Lipinski definition) is 3. The Morgan fingerprint density at radius 3 is 2.08 bits per heavy atom. The average Bonchev–Trinajstić information content (AvgIpc) is 2.62. The molecule has 4 heteroatoms. The van der Waals surface area contributed by atoms with Crippen LogP contribution in [-0.2, 0) is 9.53 Å². The maximum absolute atomic E-state index is 11.7. The molecule has 1 aromatic rings. The van der Waals surface area contributed by atoms with Crippen molar-refractivity contribution >= 4 is 17.6 Å². The summed E-state index contributed by atoms with van der Waals surface area (Å²) in [6, 6.07) is 5.34. The SMILES string of the molecule is CCCCCCCCCCCCCOC(=O)COc1ccc(Cl)cc1C. The van der Waals surface area contributed by atoms with Crippen molar-refractivity contribution in [1.29, 1.82) is 0 Å². The Balaban J connectivity index is 1.92. The number of esters is 1. The highest BCUT2D eigenvalue weighted by molar-refractivity contribution is 6.30. The predicted molar refractivity (Wildman–Crippen MR) is 109 cm³/mol. The average molecular weight is 383 g/mol. The van der Waals surface area contributed by atoms with Gasteiger partial charge in [0.15, 0.2) is 6.61 Å². The number of halogens is 1. The quantitative estimate of drug-likeness (QED) is 0.245. The van der Waals surface area contributed by atoms with Crippen molar-refractivity contribution in [2.75, 3.05) is 13.2 Å². The molecule has 0 N–H and O–H groups in total. The van der Waals surface area contributed by atoms with E-state index in [1.165, 1.54) is 57.8 Å². The molecule has 0 saturated heterocycles. The van der Waals surface area contributed by atoms with Crippen LogP contribution >= 0.6 is 11.6 Å². The van der Waals surface area contributed by atoms with Gasteiger partial charge in [-0.3, -0.25) is 0 Å². The molecule has 0 radical (unpaired) electrons. The van der Waals surface area contributed by atoms with Crippen molar-refractivity contribution in [2.45, 2.75) is 84.5 Å². The van der Waals surface area contributed by atoms with Gasteiger partial charge in [-0.1, -0.05) is 82.7 Å². The molecular formula is C22H35ClO3. The van der Waals surface area contributed by atoms with Gasteiger partial charge < -0.3 is 9.47 Å². The van der Waals surface area contributed by atoms with Crippen molar-refractivity contribution in [3.63, 3.8) is 0 Å². The molecule has 0 aromatic heterocycles. The van der Waals surface area contributed by atoms with Crippen LogP contribution in [0.4, 0.5) is 0 Å². The molecule has 0 amide bonds. The van der Waals surface area contributed by atoms with E-state index in [0.29, 0.717) is 17.4 Å². The van der Waals surface area contributed by atoms with Gasteiger partial charge >= 0.3 is 5.97 Å². The zero-order valence-electron chi connectivity index (χ0n) is 16.5. The van der Waals surface area contributed by atoms with Gasteiger partial charge in [0.1, 0.15) is 5.75 Å². The summed E-state index contributed by atoms with van der Waals surface area (Å²) in [6.07, 6.45) is 14.1. The molecule has 0 atom stereocenters. The molecular weight excluding hydrogens is 348 g/mol. The van der Waals surface area contributed by atoms with Crippen LogP contribution in [0.2, 0.25) is 5.02 Å². The highest BCUT2D eigenvalue weighted by atomic mass is 35.5. The molecule has 0 fully saturated rings. The summed E-state index contributed by atoms with van der Waals surface area (Å²) in [7, 11) is 0. The second-order valence-corrected chi connectivity index (χ2v) is 7.39. The fourth-order valence-electron chi connectivity index (χ4n) is 2.91. The Morgan fingerprint density at radius 1 is 0.923 bits per heavy atom. The van der Waals surface area contributed by atoms with E-state index in [0.717, 1.165) is 18.4 Å². The van der Waals surface area contributed by atoms with E-state index >= 15 is 0 Å². The standard InChI is InChI=1S/C22H35ClO3/c1-3-4-5-6-7-8-9-10-11-12-13-16-25-22(24)18-26-21-15-14-20(23)17-19(21)2/h14-15,17H,3-13,16,18H2,1-2H3. The maximum Gasteiger partial charge on any atom is 0.344 e. The fraction of sp³-hybridized carbons (Fsp3) is 0.682. The highest BCUT2D eigenvalue weighted by Crippen LogP contribution is 2.21. The van der Waals surface area contributed by atoms with Crippen LogP contribution in [0, 0.1) is 6.92 Å². The molecule has 0 spiro atoms. The Labute approximate surface area is 164 Å². The summed E-state index contributed by atoms with van der Waals surface area (Å²) in [5, 5.41) is 0.661. The monoisotopic (exact) mass is 382 g/mol. The van der Waals surface area contributed by atoms with Gasteiger partial charge in [0.2, 0.25) is 0 Å². The zero-order chi connectivity index (χ0) is 19.0. The van der Waals surface area contributed by atoms with E-state index in [1.54, 1.807) is 12.1 Å². The summed E-state index contributed by atoms with van der Waals surface area (Å²) >= 11 is 5.90. The molecule has 0 aliphatic heterocycles. The van der Waals surface area contributed by atoms with Crippen LogP contribution in [0.5, 0.6) is 5.75 Å². The molecule has 3 nitrogen and oxygen atoms in total. The number of ether oxygens (including phenoxy) is 2. The first-order valence-corrected chi connectivity index (χ1v) is 10.6. The second-order valence-electron chi connectivity index (χ2n) is 6.95. The summed E-state index contributed by atoms with van der Waals surface area (Å²) in [6.45, 7) is 4.59. The summed E-state index contributed by atoms with van der Waals surface area (Å²) in [4.78, 5) is 11.7. The number of hydrogen-bond donors (Lipinski definition) is 0. The van der Waals surface area contributed by atoms with Gasteiger partial charge in [-0.2, -0.15) is 0 Å². The van der Waals surface area contributed by atoms with E-state index < -0.39 is 0 Å². The third kappa shape index (κ3) is 11.4. The number of unbranched alkanes of at least 4 members (excludes halogenated alkanes) is 10. The topological polar surface area (TPSA) is 35.5 Å².